The summed E-state index contributed by atoms with van der Waals surface area (Å²) in [5, 5.41) is 17.0. The average molecular weight is 553 g/mol. The molecule has 2 aromatic heterocycles. The standard InChI is InChI=1S/C29H40N6O5/c1-7-19-13-20-14-21(30-16-23(20)31-15-19)10-11-29(5,6)28(40)33-24(17(2)3)25(36)32-18(4)26(37)35-12-8-9-22(34-35)27(38)39/h10-11,13-18,22,24,34H,7-9,12H2,1-6H3,(H,32,36)(H,33,40)(H,38,39)/b11-10+/t18-,22-,24-/m0/s1. The van der Waals surface area contributed by atoms with Gasteiger partial charge in [0.1, 0.15) is 18.1 Å². The monoisotopic (exact) mass is 552 g/mol. The van der Waals surface area contributed by atoms with Crippen LogP contribution in [0.25, 0.3) is 17.0 Å². The Labute approximate surface area is 234 Å². The molecule has 0 aliphatic carbocycles. The van der Waals surface area contributed by atoms with Crippen LogP contribution < -0.4 is 16.1 Å². The van der Waals surface area contributed by atoms with Crippen molar-refractivity contribution in [1.82, 2.24) is 31.0 Å². The van der Waals surface area contributed by atoms with Crippen LogP contribution in [0, 0.1) is 11.3 Å². The Hall–Kier alpha value is -3.86. The fraction of sp³-hybridized carbons (Fsp3) is 0.517. The maximum Gasteiger partial charge on any atom is 0.322 e. The molecule has 1 saturated heterocycles. The second-order valence-electron chi connectivity index (χ2n) is 11.1. The number of rotatable bonds is 10. The number of carboxylic acid groups (broad SMARTS) is 1. The number of aryl methyl sites for hydroxylation is 1. The second kappa shape index (κ2) is 13.0. The Morgan fingerprint density at radius 1 is 1.15 bits per heavy atom. The van der Waals surface area contributed by atoms with Gasteiger partial charge in [-0.3, -0.25) is 34.2 Å². The van der Waals surface area contributed by atoms with Crippen molar-refractivity contribution in [2.45, 2.75) is 78.9 Å². The number of aliphatic carboxylic acids is 1. The SMILES string of the molecule is CCc1cnc2cnc(/C=C/C(C)(C)C(=O)N[C@H](C(=O)N[C@@H](C)C(=O)N3CCC[C@@H](C(=O)O)N3)C(C)C)cc2c1. The quantitative estimate of drug-likeness (QED) is 0.351. The average Bonchev–Trinajstić information content (AvgIpc) is 2.93. The van der Waals surface area contributed by atoms with Crippen molar-refractivity contribution in [2.75, 3.05) is 6.54 Å². The number of carboxylic acids is 1. The Morgan fingerprint density at radius 2 is 1.88 bits per heavy atom. The van der Waals surface area contributed by atoms with Gasteiger partial charge in [-0.05, 0) is 69.7 Å². The third kappa shape index (κ3) is 7.62. The molecule has 0 unspecified atom stereocenters. The fourth-order valence-corrected chi connectivity index (χ4v) is 4.33. The van der Waals surface area contributed by atoms with Crippen LogP contribution in [0.2, 0.25) is 0 Å². The van der Waals surface area contributed by atoms with Crippen molar-refractivity contribution in [3.05, 3.63) is 41.9 Å². The first-order valence-corrected chi connectivity index (χ1v) is 13.7. The van der Waals surface area contributed by atoms with Crippen LogP contribution in [-0.2, 0) is 25.6 Å². The van der Waals surface area contributed by atoms with Crippen LogP contribution in [0.1, 0.15) is 65.6 Å². The van der Waals surface area contributed by atoms with E-state index in [-0.39, 0.29) is 11.8 Å². The molecule has 0 bridgehead atoms. The van der Waals surface area contributed by atoms with Crippen molar-refractivity contribution < 1.29 is 24.3 Å². The van der Waals surface area contributed by atoms with Gasteiger partial charge in [0.25, 0.3) is 5.91 Å². The van der Waals surface area contributed by atoms with E-state index in [9.17, 15) is 24.3 Å². The number of nitrogens with zero attached hydrogens (tertiary/aromatic N) is 3. The molecule has 0 radical (unpaired) electrons. The van der Waals surface area contributed by atoms with Gasteiger partial charge < -0.3 is 15.7 Å². The molecule has 0 aromatic carbocycles. The number of fused-ring (bicyclic) bond motifs is 1. The number of amides is 3. The molecule has 40 heavy (non-hydrogen) atoms. The summed E-state index contributed by atoms with van der Waals surface area (Å²) in [6.45, 7) is 11.1. The largest absolute Gasteiger partial charge is 0.480 e. The second-order valence-corrected chi connectivity index (χ2v) is 11.1. The number of carbonyl (C=O) groups is 4. The lowest BCUT2D eigenvalue weighted by atomic mass is 9.90. The number of hydrazine groups is 1. The summed E-state index contributed by atoms with van der Waals surface area (Å²) in [6.07, 6.45) is 8.89. The van der Waals surface area contributed by atoms with E-state index in [1.165, 1.54) is 11.9 Å². The van der Waals surface area contributed by atoms with Crippen LogP contribution in [0.4, 0.5) is 0 Å². The zero-order chi connectivity index (χ0) is 29.6. The van der Waals surface area contributed by atoms with Gasteiger partial charge in [0, 0.05) is 18.1 Å². The molecule has 2 aromatic rings. The number of nitrogens with one attached hydrogen (secondary N) is 3. The maximum absolute atomic E-state index is 13.3. The Bertz CT molecular complexity index is 1290. The van der Waals surface area contributed by atoms with E-state index in [0.29, 0.717) is 25.1 Å². The topological polar surface area (TPSA) is 154 Å². The molecule has 11 heteroatoms. The van der Waals surface area contributed by atoms with Crippen LogP contribution in [0.3, 0.4) is 0 Å². The van der Waals surface area contributed by atoms with Gasteiger partial charge >= 0.3 is 5.97 Å². The van der Waals surface area contributed by atoms with Crippen LogP contribution >= 0.6 is 0 Å². The summed E-state index contributed by atoms with van der Waals surface area (Å²) in [5.74, 6) is -2.58. The molecule has 216 valence electrons. The van der Waals surface area contributed by atoms with E-state index in [0.717, 1.165) is 22.9 Å². The molecular formula is C29H40N6O5. The van der Waals surface area contributed by atoms with Crippen LogP contribution in [0.15, 0.2) is 30.6 Å². The molecule has 3 atom stereocenters. The van der Waals surface area contributed by atoms with E-state index in [1.54, 1.807) is 46.0 Å². The lowest BCUT2D eigenvalue weighted by molar-refractivity contribution is -0.148. The molecule has 0 spiro atoms. The molecule has 3 amide bonds. The van der Waals surface area contributed by atoms with E-state index in [1.807, 2.05) is 12.3 Å². The molecule has 11 nitrogen and oxygen atoms in total. The van der Waals surface area contributed by atoms with Gasteiger partial charge in [-0.25, -0.2) is 5.43 Å². The molecular weight excluding hydrogens is 512 g/mol. The zero-order valence-electron chi connectivity index (χ0n) is 24.0. The number of aromatic nitrogens is 2. The summed E-state index contributed by atoms with van der Waals surface area (Å²) in [6, 6.07) is 1.34. The van der Waals surface area contributed by atoms with E-state index in [2.05, 4.69) is 39.0 Å². The highest BCUT2D eigenvalue weighted by Crippen LogP contribution is 2.22. The predicted molar refractivity (Wildman–Crippen MR) is 152 cm³/mol. The number of hydrogen-bond acceptors (Lipinski definition) is 7. The highest BCUT2D eigenvalue weighted by Gasteiger charge is 2.34. The van der Waals surface area contributed by atoms with E-state index >= 15 is 0 Å². The number of carbonyl (C=O) groups excluding carboxylic acids is 3. The molecule has 3 rings (SSSR count). The minimum Gasteiger partial charge on any atom is -0.480 e. The van der Waals surface area contributed by atoms with E-state index < -0.39 is 41.3 Å². The summed E-state index contributed by atoms with van der Waals surface area (Å²) < 4.78 is 0. The van der Waals surface area contributed by atoms with Crippen LogP contribution in [0.5, 0.6) is 0 Å². The van der Waals surface area contributed by atoms with Gasteiger partial charge in [0.15, 0.2) is 0 Å². The van der Waals surface area contributed by atoms with Crippen molar-refractivity contribution in [3.63, 3.8) is 0 Å². The summed E-state index contributed by atoms with van der Waals surface area (Å²) >= 11 is 0. The van der Waals surface area contributed by atoms with E-state index in [4.69, 9.17) is 0 Å². The fourth-order valence-electron chi connectivity index (χ4n) is 4.33. The lowest BCUT2D eigenvalue weighted by Crippen LogP contribution is -2.61. The van der Waals surface area contributed by atoms with Gasteiger partial charge in [-0.2, -0.15) is 0 Å². The highest BCUT2D eigenvalue weighted by molar-refractivity contribution is 5.94. The van der Waals surface area contributed by atoms with Crippen LogP contribution in [-0.4, -0.2) is 68.4 Å². The molecule has 0 saturated carbocycles. The minimum atomic E-state index is -1.03. The molecule has 3 heterocycles. The molecule has 1 aliphatic rings. The Kier molecular flexibility index (Phi) is 9.97. The first-order chi connectivity index (χ1) is 18.8. The van der Waals surface area contributed by atoms with Crippen molar-refractivity contribution >= 4 is 40.7 Å². The molecule has 4 N–H and O–H groups in total. The van der Waals surface area contributed by atoms with Crippen molar-refractivity contribution in [3.8, 4) is 0 Å². The lowest BCUT2D eigenvalue weighted by Gasteiger charge is -2.34. The first-order valence-electron chi connectivity index (χ1n) is 13.7. The summed E-state index contributed by atoms with van der Waals surface area (Å²) in [4.78, 5) is 59.4. The number of hydrogen-bond donors (Lipinski definition) is 4. The first kappa shape index (κ1) is 30.7. The van der Waals surface area contributed by atoms with Gasteiger partial charge in [-0.15, -0.1) is 0 Å². The van der Waals surface area contributed by atoms with Gasteiger partial charge in [0.05, 0.1) is 22.8 Å². The zero-order valence-corrected chi connectivity index (χ0v) is 24.0. The number of pyridine rings is 2. The highest BCUT2D eigenvalue weighted by atomic mass is 16.4. The third-order valence-corrected chi connectivity index (χ3v) is 7.02. The molecule has 1 aliphatic heterocycles. The Balaban J connectivity index is 1.65. The smallest absolute Gasteiger partial charge is 0.322 e. The van der Waals surface area contributed by atoms with Gasteiger partial charge in [0.2, 0.25) is 11.8 Å². The summed E-state index contributed by atoms with van der Waals surface area (Å²) in [5.41, 5.74) is 4.34. The van der Waals surface area contributed by atoms with Crippen molar-refractivity contribution in [2.24, 2.45) is 11.3 Å². The van der Waals surface area contributed by atoms with Gasteiger partial charge in [-0.1, -0.05) is 26.8 Å². The molecule has 1 fully saturated rings. The summed E-state index contributed by atoms with van der Waals surface area (Å²) in [7, 11) is 0. The minimum absolute atomic E-state index is 0.252. The normalized spacial score (nSPS) is 17.6. The maximum atomic E-state index is 13.3. The van der Waals surface area contributed by atoms with Crippen molar-refractivity contribution in [1.29, 1.82) is 0 Å². The predicted octanol–water partition coefficient (Wildman–Crippen LogP) is 2.46. The third-order valence-electron chi connectivity index (χ3n) is 7.02. The Morgan fingerprint density at radius 3 is 2.52 bits per heavy atom.